The molecule has 4 rings (SSSR count). The molecule has 276 valence electrons. The largest absolute Gasteiger partial charge is 0.369 e. The molecule has 1 heterocycles. The highest BCUT2D eigenvalue weighted by Gasteiger charge is 2.34. The summed E-state index contributed by atoms with van der Waals surface area (Å²) in [6, 6.07) is 17.5. The van der Waals surface area contributed by atoms with E-state index in [9.17, 15) is 0 Å². The zero-order chi connectivity index (χ0) is 36.0. The van der Waals surface area contributed by atoms with Gasteiger partial charge in [0.1, 0.15) is 5.82 Å². The predicted molar refractivity (Wildman–Crippen MR) is 218 cm³/mol. The van der Waals surface area contributed by atoms with Crippen LogP contribution in [0.3, 0.4) is 0 Å². The Kier molecular flexibility index (Phi) is 18.3. The number of benzene rings is 3. The topological polar surface area (TPSA) is 16.2 Å². The van der Waals surface area contributed by atoms with E-state index in [4.69, 9.17) is 92.8 Å². The summed E-state index contributed by atoms with van der Waals surface area (Å²) >= 11 is 50.2. The second-order valence-corrected chi connectivity index (χ2v) is 15.1. The van der Waals surface area contributed by atoms with E-state index in [0.717, 1.165) is 47.7 Å². The van der Waals surface area contributed by atoms with Crippen LogP contribution in [0.25, 0.3) is 0 Å². The highest BCUT2D eigenvalue weighted by atomic mass is 35.5. The molecule has 0 saturated carbocycles. The summed E-state index contributed by atoms with van der Waals surface area (Å²) in [5.41, 5.74) is 5.16. The molecule has 1 aliphatic heterocycles. The molecule has 0 atom stereocenters. The molecule has 0 amide bonds. The zero-order valence-corrected chi connectivity index (χ0v) is 34.0. The van der Waals surface area contributed by atoms with E-state index >= 15 is 4.39 Å². The summed E-state index contributed by atoms with van der Waals surface area (Å²) in [6.07, 6.45) is 0.506. The monoisotopic (exact) mass is 845 g/mol. The van der Waals surface area contributed by atoms with Gasteiger partial charge in [0.05, 0.1) is 6.17 Å². The number of rotatable bonds is 20. The summed E-state index contributed by atoms with van der Waals surface area (Å²) in [4.78, 5) is 10.8. The lowest BCUT2D eigenvalue weighted by molar-refractivity contribution is -0.0111. The Bertz CT molecular complexity index is 1390. The Morgan fingerprint density at radius 1 is 0.540 bits per heavy atom. The SMILES string of the molecule is Fc1cc(N(CCCl)CCCl)ccc1C1N(Cc2ccc(N(CCCl)CCCl)cc2Cl)CCCN1Cc1ccc(N(CCCl)CCCl)cc1Cl. The lowest BCUT2D eigenvalue weighted by Gasteiger charge is -2.45. The minimum absolute atomic E-state index is 0.294. The summed E-state index contributed by atoms with van der Waals surface area (Å²) in [7, 11) is 0. The van der Waals surface area contributed by atoms with Crippen molar-refractivity contribution >= 4 is 110 Å². The average Bonchev–Trinajstić information content (AvgIpc) is 3.10. The molecule has 3 aromatic rings. The molecule has 1 aliphatic rings. The van der Waals surface area contributed by atoms with Crippen molar-refractivity contribution in [3.05, 3.63) is 87.2 Å². The van der Waals surface area contributed by atoms with E-state index in [2.05, 4.69) is 19.6 Å². The molecule has 0 N–H and O–H groups in total. The minimum atomic E-state index is -0.383. The third kappa shape index (κ3) is 11.4. The van der Waals surface area contributed by atoms with Crippen LogP contribution in [0.2, 0.25) is 10.0 Å². The van der Waals surface area contributed by atoms with Crippen LogP contribution in [0, 0.1) is 5.82 Å². The summed E-state index contributed by atoms with van der Waals surface area (Å²) in [6.45, 7) is 6.35. The van der Waals surface area contributed by atoms with Crippen molar-refractivity contribution in [3.8, 4) is 0 Å². The smallest absolute Gasteiger partial charge is 0.131 e. The molecular weight excluding hydrogens is 805 g/mol. The molecule has 1 saturated heterocycles. The Hall–Kier alpha value is -0.770. The Labute approximate surface area is 336 Å². The maximum atomic E-state index is 16.4. The van der Waals surface area contributed by atoms with Gasteiger partial charge in [0.15, 0.2) is 0 Å². The second kappa shape index (κ2) is 21.8. The Balaban J connectivity index is 1.69. The summed E-state index contributed by atoms with van der Waals surface area (Å²) in [5, 5.41) is 1.27. The van der Waals surface area contributed by atoms with Crippen molar-refractivity contribution in [1.82, 2.24) is 9.80 Å². The van der Waals surface area contributed by atoms with Gasteiger partial charge in [0, 0.05) is 133 Å². The van der Waals surface area contributed by atoms with Crippen molar-refractivity contribution in [3.63, 3.8) is 0 Å². The van der Waals surface area contributed by atoms with Gasteiger partial charge < -0.3 is 14.7 Å². The number of alkyl halides is 6. The van der Waals surface area contributed by atoms with Gasteiger partial charge in [-0.3, -0.25) is 9.80 Å². The molecule has 0 radical (unpaired) electrons. The lowest BCUT2D eigenvalue weighted by atomic mass is 10.0. The minimum Gasteiger partial charge on any atom is -0.369 e. The van der Waals surface area contributed by atoms with Gasteiger partial charge in [0.2, 0.25) is 0 Å². The van der Waals surface area contributed by atoms with E-state index in [0.29, 0.717) is 103 Å². The maximum Gasteiger partial charge on any atom is 0.131 e. The highest BCUT2D eigenvalue weighted by molar-refractivity contribution is 6.32. The normalized spacial score (nSPS) is 14.3. The number of hydrogen-bond donors (Lipinski definition) is 0. The number of hydrogen-bond acceptors (Lipinski definition) is 5. The van der Waals surface area contributed by atoms with E-state index in [1.165, 1.54) is 0 Å². The lowest BCUT2D eigenvalue weighted by Crippen LogP contribution is -2.47. The first-order valence-electron chi connectivity index (χ1n) is 16.7. The number of nitrogens with zero attached hydrogens (tertiary/aromatic N) is 5. The molecule has 0 aliphatic carbocycles. The molecule has 0 bridgehead atoms. The first-order chi connectivity index (χ1) is 24.3. The summed E-state index contributed by atoms with van der Waals surface area (Å²) < 4.78 is 16.4. The van der Waals surface area contributed by atoms with Crippen LogP contribution in [0.1, 0.15) is 29.3 Å². The third-order valence-corrected chi connectivity index (χ3v) is 10.6. The van der Waals surface area contributed by atoms with E-state index < -0.39 is 0 Å². The number of anilines is 3. The molecule has 14 heteroatoms. The fourth-order valence-electron chi connectivity index (χ4n) is 6.48. The van der Waals surface area contributed by atoms with Gasteiger partial charge >= 0.3 is 0 Å². The first-order valence-corrected chi connectivity index (χ1v) is 20.7. The second-order valence-electron chi connectivity index (χ2n) is 12.0. The standard InChI is InChI=1S/C36H44Cl8FN5/c37-8-16-46(17-9-38)29-4-2-27(33(43)22-29)25-49-14-1-15-50(26-28-3-5-30(23-34(28)44)47(18-10-39)19-11-40)36(49)32-7-6-31(24-35(32)45)48(20-12-41)21-13-42/h2-7,22-24,36H,1,8-21,25-26H2. The van der Waals surface area contributed by atoms with Crippen LogP contribution >= 0.6 is 92.8 Å². The Morgan fingerprint density at radius 3 is 1.24 bits per heavy atom. The third-order valence-electron chi connectivity index (χ3n) is 8.89. The van der Waals surface area contributed by atoms with E-state index in [1.807, 2.05) is 53.4 Å². The molecule has 50 heavy (non-hydrogen) atoms. The molecule has 0 spiro atoms. The van der Waals surface area contributed by atoms with Crippen LogP contribution in [-0.4, -0.2) is 97.4 Å². The first kappa shape index (κ1) is 42.0. The van der Waals surface area contributed by atoms with Crippen LogP contribution in [-0.2, 0) is 13.1 Å². The van der Waals surface area contributed by atoms with Gasteiger partial charge in [-0.15, -0.1) is 69.6 Å². The van der Waals surface area contributed by atoms with Gasteiger partial charge in [-0.2, -0.15) is 0 Å². The van der Waals surface area contributed by atoms with Gasteiger partial charge in [0.25, 0.3) is 0 Å². The molecule has 5 nitrogen and oxygen atoms in total. The van der Waals surface area contributed by atoms with E-state index in [-0.39, 0.29) is 12.0 Å². The fraction of sp³-hybridized carbons (Fsp3) is 0.500. The molecular formula is C36H44Cl8FN5. The average molecular weight is 849 g/mol. The predicted octanol–water partition coefficient (Wildman–Crippen LogP) is 10.4. The van der Waals surface area contributed by atoms with Crippen LogP contribution in [0.4, 0.5) is 21.5 Å². The van der Waals surface area contributed by atoms with Gasteiger partial charge in [-0.1, -0.05) is 41.4 Å². The quantitative estimate of drug-likeness (QED) is 0.105. The molecule has 0 unspecified atom stereocenters. The van der Waals surface area contributed by atoms with Crippen molar-refractivity contribution in [1.29, 1.82) is 0 Å². The molecule has 1 fully saturated rings. The van der Waals surface area contributed by atoms with Crippen molar-refractivity contribution in [2.75, 3.05) is 102 Å². The summed E-state index contributed by atoms with van der Waals surface area (Å²) in [5.74, 6) is 2.45. The van der Waals surface area contributed by atoms with Crippen LogP contribution in [0.15, 0.2) is 54.6 Å². The van der Waals surface area contributed by atoms with E-state index in [1.54, 1.807) is 6.07 Å². The number of halogens is 9. The highest BCUT2D eigenvalue weighted by Crippen LogP contribution is 2.37. The molecule has 0 aromatic heterocycles. The molecule has 3 aromatic carbocycles. The van der Waals surface area contributed by atoms with Crippen molar-refractivity contribution in [2.45, 2.75) is 25.7 Å². The fourth-order valence-corrected chi connectivity index (χ4v) is 8.17. The zero-order valence-electron chi connectivity index (χ0n) is 27.9. The van der Waals surface area contributed by atoms with Crippen LogP contribution in [0.5, 0.6) is 0 Å². The van der Waals surface area contributed by atoms with Crippen molar-refractivity contribution < 1.29 is 4.39 Å². The van der Waals surface area contributed by atoms with Crippen molar-refractivity contribution in [2.24, 2.45) is 0 Å². The maximum absolute atomic E-state index is 16.4. The van der Waals surface area contributed by atoms with Crippen LogP contribution < -0.4 is 14.7 Å². The van der Waals surface area contributed by atoms with Gasteiger partial charge in [-0.05, 0) is 53.9 Å². The Morgan fingerprint density at radius 2 is 0.900 bits per heavy atom. The van der Waals surface area contributed by atoms with Gasteiger partial charge in [-0.25, -0.2) is 4.39 Å².